The molecule has 9 heteroatoms. The first-order valence-electron chi connectivity index (χ1n) is 8.98. The van der Waals surface area contributed by atoms with E-state index in [-0.39, 0.29) is 36.6 Å². The van der Waals surface area contributed by atoms with Crippen LogP contribution in [0, 0.1) is 0 Å². The Balaban J connectivity index is 1.90. The van der Waals surface area contributed by atoms with Gasteiger partial charge in [0.05, 0.1) is 11.6 Å². The summed E-state index contributed by atoms with van der Waals surface area (Å²) in [5.41, 5.74) is -0.522. The van der Waals surface area contributed by atoms with Gasteiger partial charge in [0.1, 0.15) is 0 Å². The molecule has 2 rings (SSSR count). The lowest BCUT2D eigenvalue weighted by Gasteiger charge is -2.35. The third-order valence-electron chi connectivity index (χ3n) is 4.61. The first kappa shape index (κ1) is 20.9. The van der Waals surface area contributed by atoms with Gasteiger partial charge in [-0.3, -0.25) is 0 Å². The number of halogens is 3. The third kappa shape index (κ3) is 6.04. The lowest BCUT2D eigenvalue weighted by Crippen LogP contribution is -2.53. The Labute approximate surface area is 156 Å². The third-order valence-corrected chi connectivity index (χ3v) is 4.61. The van der Waals surface area contributed by atoms with Crippen LogP contribution in [0.25, 0.3) is 0 Å². The lowest BCUT2D eigenvalue weighted by molar-refractivity contribution is -0.138. The van der Waals surface area contributed by atoms with Crippen LogP contribution in [0.5, 0.6) is 0 Å². The van der Waals surface area contributed by atoms with Crippen molar-refractivity contribution in [3.63, 3.8) is 0 Å². The first-order chi connectivity index (χ1) is 12.8. The lowest BCUT2D eigenvalue weighted by atomic mass is 10.0. The Bertz CT molecular complexity index is 652. The summed E-state index contributed by atoms with van der Waals surface area (Å²) in [7, 11) is 1.51. The van der Waals surface area contributed by atoms with Crippen LogP contribution in [0.4, 0.5) is 22.8 Å². The van der Waals surface area contributed by atoms with Gasteiger partial charge >= 0.3 is 18.2 Å². The van der Waals surface area contributed by atoms with Gasteiger partial charge in [-0.1, -0.05) is 18.2 Å². The van der Waals surface area contributed by atoms with E-state index >= 15 is 0 Å². The van der Waals surface area contributed by atoms with E-state index in [1.54, 1.807) is 11.0 Å². The van der Waals surface area contributed by atoms with Gasteiger partial charge in [0.2, 0.25) is 0 Å². The van der Waals surface area contributed by atoms with Crippen LogP contribution in [-0.2, 0) is 12.6 Å². The number of hydrogen-bond donors (Lipinski definition) is 3. The molecule has 0 radical (unpaired) electrons. The van der Waals surface area contributed by atoms with Crippen molar-refractivity contribution in [1.82, 2.24) is 20.9 Å². The molecule has 1 aliphatic heterocycles. The number of nitrogens with zero attached hydrogens (tertiary/aromatic N) is 1. The van der Waals surface area contributed by atoms with Gasteiger partial charge < -0.3 is 20.9 Å². The molecule has 0 saturated carbocycles. The molecule has 3 N–H and O–H groups in total. The van der Waals surface area contributed by atoms with E-state index in [2.05, 4.69) is 16.0 Å². The molecule has 1 heterocycles. The van der Waals surface area contributed by atoms with Crippen LogP contribution in [0.3, 0.4) is 0 Å². The molecule has 4 amide bonds. The van der Waals surface area contributed by atoms with E-state index in [0.717, 1.165) is 25.3 Å². The molecule has 1 aromatic carbocycles. The summed E-state index contributed by atoms with van der Waals surface area (Å²) >= 11 is 0. The van der Waals surface area contributed by atoms with E-state index in [0.29, 0.717) is 13.1 Å². The number of rotatable bonds is 5. The average molecular weight is 386 g/mol. The zero-order valence-corrected chi connectivity index (χ0v) is 15.2. The number of amides is 4. The number of piperidine rings is 1. The monoisotopic (exact) mass is 386 g/mol. The van der Waals surface area contributed by atoms with Gasteiger partial charge in [-0.05, 0) is 37.3 Å². The second-order valence-corrected chi connectivity index (χ2v) is 6.44. The van der Waals surface area contributed by atoms with Crippen LogP contribution in [-0.4, -0.2) is 49.7 Å². The summed E-state index contributed by atoms with van der Waals surface area (Å²) < 4.78 is 39.1. The van der Waals surface area contributed by atoms with E-state index < -0.39 is 11.7 Å². The standard InChI is InChI=1S/C18H25F3N4O2/c1-22-16(26)24-12-14-7-4-5-11-25(14)17(27)23-10-9-13-6-2-3-8-15(13)18(19,20)21/h2-3,6,8,14H,4-5,7,9-12H2,1H3,(H,23,27)(H2,22,24,26). The van der Waals surface area contributed by atoms with E-state index in [4.69, 9.17) is 0 Å². The summed E-state index contributed by atoms with van der Waals surface area (Å²) in [6.45, 7) is 1.01. The number of benzene rings is 1. The second-order valence-electron chi connectivity index (χ2n) is 6.44. The highest BCUT2D eigenvalue weighted by molar-refractivity contribution is 5.75. The minimum atomic E-state index is -4.41. The fourth-order valence-corrected chi connectivity index (χ4v) is 3.20. The van der Waals surface area contributed by atoms with Crippen molar-refractivity contribution in [1.29, 1.82) is 0 Å². The smallest absolute Gasteiger partial charge is 0.341 e. The van der Waals surface area contributed by atoms with Crippen molar-refractivity contribution in [2.45, 2.75) is 37.9 Å². The molecule has 1 fully saturated rings. The topological polar surface area (TPSA) is 73.5 Å². The summed E-state index contributed by atoms with van der Waals surface area (Å²) in [5, 5.41) is 7.86. The van der Waals surface area contributed by atoms with Crippen LogP contribution in [0.15, 0.2) is 24.3 Å². The Hall–Kier alpha value is -2.45. The Morgan fingerprint density at radius 1 is 1.19 bits per heavy atom. The number of likely N-dealkylation sites (tertiary alicyclic amines) is 1. The minimum absolute atomic E-state index is 0.0937. The van der Waals surface area contributed by atoms with Crippen LogP contribution in [0.1, 0.15) is 30.4 Å². The zero-order valence-electron chi connectivity index (χ0n) is 15.2. The van der Waals surface area contributed by atoms with E-state index in [9.17, 15) is 22.8 Å². The number of nitrogens with one attached hydrogen (secondary N) is 3. The molecule has 0 aliphatic carbocycles. The molecule has 0 bridgehead atoms. The fourth-order valence-electron chi connectivity index (χ4n) is 3.20. The molecule has 0 aromatic heterocycles. The molecule has 150 valence electrons. The van der Waals surface area contributed by atoms with Crippen LogP contribution in [0.2, 0.25) is 0 Å². The summed E-state index contributed by atoms with van der Waals surface area (Å²) in [5.74, 6) is 0. The molecule has 6 nitrogen and oxygen atoms in total. The Kier molecular flexibility index (Phi) is 7.32. The summed E-state index contributed by atoms with van der Waals surface area (Å²) in [6.07, 6.45) is -1.72. The molecule has 1 unspecified atom stereocenters. The zero-order chi connectivity index (χ0) is 19.9. The fraction of sp³-hybridized carbons (Fsp3) is 0.556. The molecule has 1 aromatic rings. The molecule has 1 aliphatic rings. The predicted molar refractivity (Wildman–Crippen MR) is 95.4 cm³/mol. The molecule has 1 atom stereocenters. The molecule has 0 spiro atoms. The van der Waals surface area contributed by atoms with Gasteiger partial charge in [-0.15, -0.1) is 0 Å². The maximum atomic E-state index is 13.0. The Morgan fingerprint density at radius 2 is 1.93 bits per heavy atom. The predicted octanol–water partition coefficient (Wildman–Crippen LogP) is 2.74. The van der Waals surface area contributed by atoms with E-state index in [1.807, 2.05) is 0 Å². The first-order valence-corrected chi connectivity index (χ1v) is 8.98. The van der Waals surface area contributed by atoms with Crippen LogP contribution >= 0.6 is 0 Å². The van der Waals surface area contributed by atoms with Crippen molar-refractivity contribution >= 4 is 12.1 Å². The maximum Gasteiger partial charge on any atom is 0.416 e. The van der Waals surface area contributed by atoms with Crippen molar-refractivity contribution in [2.75, 3.05) is 26.7 Å². The van der Waals surface area contributed by atoms with Gasteiger partial charge in [-0.2, -0.15) is 13.2 Å². The normalized spacial score (nSPS) is 17.3. The Morgan fingerprint density at radius 3 is 2.63 bits per heavy atom. The highest BCUT2D eigenvalue weighted by Crippen LogP contribution is 2.31. The minimum Gasteiger partial charge on any atom is -0.341 e. The molecular formula is C18H25F3N4O2. The number of alkyl halides is 3. The van der Waals surface area contributed by atoms with Crippen molar-refractivity contribution in [2.24, 2.45) is 0 Å². The van der Waals surface area contributed by atoms with Gasteiger partial charge in [-0.25, -0.2) is 9.59 Å². The molecular weight excluding hydrogens is 361 g/mol. The largest absolute Gasteiger partial charge is 0.416 e. The number of carbonyl (C=O) groups excluding carboxylic acids is 2. The summed E-state index contributed by atoms with van der Waals surface area (Å²) in [4.78, 5) is 25.4. The van der Waals surface area contributed by atoms with Crippen molar-refractivity contribution in [3.8, 4) is 0 Å². The molecule has 27 heavy (non-hydrogen) atoms. The molecule has 1 saturated heterocycles. The number of carbonyl (C=O) groups is 2. The quantitative estimate of drug-likeness (QED) is 0.728. The van der Waals surface area contributed by atoms with Crippen molar-refractivity contribution in [3.05, 3.63) is 35.4 Å². The number of hydrogen-bond acceptors (Lipinski definition) is 2. The van der Waals surface area contributed by atoms with Crippen molar-refractivity contribution < 1.29 is 22.8 Å². The highest BCUT2D eigenvalue weighted by Gasteiger charge is 2.33. The second kappa shape index (κ2) is 9.48. The maximum absolute atomic E-state index is 13.0. The van der Waals surface area contributed by atoms with Gasteiger partial charge in [0, 0.05) is 26.7 Å². The van der Waals surface area contributed by atoms with Gasteiger partial charge in [0.15, 0.2) is 0 Å². The average Bonchev–Trinajstić information content (AvgIpc) is 2.65. The SMILES string of the molecule is CNC(=O)NCC1CCCCN1C(=O)NCCc1ccccc1C(F)(F)F. The van der Waals surface area contributed by atoms with Crippen LogP contribution < -0.4 is 16.0 Å². The number of urea groups is 2. The summed E-state index contributed by atoms with van der Waals surface area (Å²) in [6, 6.07) is 4.61. The highest BCUT2D eigenvalue weighted by atomic mass is 19.4. The van der Waals surface area contributed by atoms with E-state index in [1.165, 1.54) is 19.2 Å². The van der Waals surface area contributed by atoms with Gasteiger partial charge in [0.25, 0.3) is 0 Å².